The molecule has 0 bridgehead atoms. The van der Waals surface area contributed by atoms with E-state index in [0.29, 0.717) is 15.8 Å². The molecular weight excluding hydrogens is 194 g/mol. The van der Waals surface area contributed by atoms with Crippen molar-refractivity contribution in [3.63, 3.8) is 0 Å². The van der Waals surface area contributed by atoms with E-state index in [1.165, 1.54) is 0 Å². The number of nitrogen functional groups attached to an aromatic ring is 1. The van der Waals surface area contributed by atoms with E-state index in [1.807, 2.05) is 0 Å². The van der Waals surface area contributed by atoms with Crippen LogP contribution in [0.4, 0.5) is 14.5 Å². The summed E-state index contributed by atoms with van der Waals surface area (Å²) in [5.74, 6) is 0. The summed E-state index contributed by atoms with van der Waals surface area (Å²) in [6, 6.07) is 4.83. The standard InChI is InChI=1S/C8H6F2N2S/c9-8(10)7-5-2-1-4(11)3-6(5)13-12-7/h1-3,8H,11H2. The first-order valence-electron chi connectivity index (χ1n) is 3.61. The minimum Gasteiger partial charge on any atom is -0.399 e. The van der Waals surface area contributed by atoms with Crippen LogP contribution in [0.2, 0.25) is 0 Å². The third kappa shape index (κ3) is 1.35. The summed E-state index contributed by atoms with van der Waals surface area (Å²) in [5, 5.41) is 0.495. The number of nitrogens with zero attached hydrogens (tertiary/aromatic N) is 1. The Hall–Kier alpha value is -1.23. The van der Waals surface area contributed by atoms with E-state index >= 15 is 0 Å². The van der Waals surface area contributed by atoms with E-state index in [2.05, 4.69) is 4.37 Å². The third-order valence-corrected chi connectivity index (χ3v) is 2.55. The maximum Gasteiger partial charge on any atom is 0.282 e. The van der Waals surface area contributed by atoms with Crippen LogP contribution in [0.1, 0.15) is 12.1 Å². The van der Waals surface area contributed by atoms with E-state index < -0.39 is 6.43 Å². The van der Waals surface area contributed by atoms with E-state index in [-0.39, 0.29) is 5.69 Å². The van der Waals surface area contributed by atoms with Gasteiger partial charge in [0.15, 0.2) is 0 Å². The van der Waals surface area contributed by atoms with Crippen LogP contribution in [0.15, 0.2) is 18.2 Å². The van der Waals surface area contributed by atoms with Crippen LogP contribution in [0.25, 0.3) is 10.1 Å². The van der Waals surface area contributed by atoms with Crippen LogP contribution in [0.3, 0.4) is 0 Å². The van der Waals surface area contributed by atoms with Crippen molar-refractivity contribution in [2.75, 3.05) is 5.73 Å². The lowest BCUT2D eigenvalue weighted by molar-refractivity contribution is 0.149. The second-order valence-corrected chi connectivity index (χ2v) is 3.43. The SMILES string of the molecule is Nc1ccc2c(C(F)F)nsc2c1. The van der Waals surface area contributed by atoms with Gasteiger partial charge in [-0.15, -0.1) is 0 Å². The molecule has 68 valence electrons. The molecule has 1 aromatic carbocycles. The molecule has 0 spiro atoms. The van der Waals surface area contributed by atoms with Crippen molar-refractivity contribution in [3.05, 3.63) is 23.9 Å². The van der Waals surface area contributed by atoms with Crippen LogP contribution in [-0.4, -0.2) is 4.37 Å². The molecule has 1 heterocycles. The minimum atomic E-state index is -2.52. The van der Waals surface area contributed by atoms with Gasteiger partial charge in [-0.2, -0.15) is 4.37 Å². The number of hydrogen-bond acceptors (Lipinski definition) is 3. The van der Waals surface area contributed by atoms with Crippen molar-refractivity contribution in [2.45, 2.75) is 6.43 Å². The Balaban J connectivity index is 2.69. The fraction of sp³-hybridized carbons (Fsp3) is 0.125. The third-order valence-electron chi connectivity index (χ3n) is 1.73. The molecule has 0 radical (unpaired) electrons. The van der Waals surface area contributed by atoms with Gasteiger partial charge in [0.1, 0.15) is 5.69 Å². The molecule has 0 aliphatic rings. The Kier molecular flexibility index (Phi) is 1.88. The van der Waals surface area contributed by atoms with Gasteiger partial charge in [0.25, 0.3) is 6.43 Å². The smallest absolute Gasteiger partial charge is 0.282 e. The molecule has 0 saturated heterocycles. The van der Waals surface area contributed by atoms with Gasteiger partial charge in [0.2, 0.25) is 0 Å². The van der Waals surface area contributed by atoms with Crippen LogP contribution in [-0.2, 0) is 0 Å². The average molecular weight is 200 g/mol. The first-order chi connectivity index (χ1) is 6.18. The Morgan fingerprint density at radius 2 is 2.15 bits per heavy atom. The van der Waals surface area contributed by atoms with Crippen LogP contribution < -0.4 is 5.73 Å². The second kappa shape index (κ2) is 2.92. The number of nitrogens with two attached hydrogens (primary N) is 1. The summed E-state index contributed by atoms with van der Waals surface area (Å²) in [5.41, 5.74) is 5.91. The summed E-state index contributed by atoms with van der Waals surface area (Å²) in [7, 11) is 0. The van der Waals surface area contributed by atoms with Gasteiger partial charge in [0.05, 0.1) is 4.70 Å². The van der Waals surface area contributed by atoms with E-state index in [4.69, 9.17) is 5.73 Å². The first-order valence-corrected chi connectivity index (χ1v) is 4.39. The molecule has 2 N–H and O–H groups in total. The molecule has 2 nitrogen and oxygen atoms in total. The molecule has 2 rings (SSSR count). The number of halogens is 2. The molecular formula is C8H6F2N2S. The lowest BCUT2D eigenvalue weighted by atomic mass is 10.2. The Bertz CT molecular complexity index is 439. The highest BCUT2D eigenvalue weighted by atomic mass is 32.1. The number of anilines is 1. The molecule has 0 unspecified atom stereocenters. The summed E-state index contributed by atoms with van der Waals surface area (Å²) >= 11 is 1.05. The van der Waals surface area contributed by atoms with Gasteiger partial charge in [-0.3, -0.25) is 0 Å². The summed E-state index contributed by atoms with van der Waals surface area (Å²) in [4.78, 5) is 0. The monoisotopic (exact) mass is 200 g/mol. The number of fused-ring (bicyclic) bond motifs is 1. The Labute approximate surface area is 77.2 Å². The number of rotatable bonds is 1. The highest BCUT2D eigenvalue weighted by molar-refractivity contribution is 7.13. The largest absolute Gasteiger partial charge is 0.399 e. The summed E-state index contributed by atoms with van der Waals surface area (Å²) < 4.78 is 29.1. The zero-order valence-corrected chi connectivity index (χ0v) is 7.31. The quantitative estimate of drug-likeness (QED) is 0.719. The first kappa shape index (κ1) is 8.37. The predicted molar refractivity (Wildman–Crippen MR) is 49.0 cm³/mol. The normalized spacial score (nSPS) is 11.3. The minimum absolute atomic E-state index is 0.153. The fourth-order valence-corrected chi connectivity index (χ4v) is 1.97. The van der Waals surface area contributed by atoms with Crippen molar-refractivity contribution >= 4 is 27.3 Å². The van der Waals surface area contributed by atoms with Crippen molar-refractivity contribution in [2.24, 2.45) is 0 Å². The van der Waals surface area contributed by atoms with Crippen molar-refractivity contribution in [1.29, 1.82) is 0 Å². The van der Waals surface area contributed by atoms with Gasteiger partial charge in [-0.1, -0.05) is 0 Å². The number of aromatic nitrogens is 1. The van der Waals surface area contributed by atoms with Crippen LogP contribution >= 0.6 is 11.5 Å². The molecule has 5 heteroatoms. The molecule has 0 fully saturated rings. The zero-order valence-electron chi connectivity index (χ0n) is 6.50. The molecule has 0 amide bonds. The highest BCUT2D eigenvalue weighted by Gasteiger charge is 2.15. The van der Waals surface area contributed by atoms with Gasteiger partial charge in [-0.25, -0.2) is 8.78 Å². The van der Waals surface area contributed by atoms with Gasteiger partial charge in [0, 0.05) is 11.1 Å². The van der Waals surface area contributed by atoms with Crippen molar-refractivity contribution in [3.8, 4) is 0 Å². The lowest BCUT2D eigenvalue weighted by Gasteiger charge is -1.95. The fourth-order valence-electron chi connectivity index (χ4n) is 1.13. The molecule has 13 heavy (non-hydrogen) atoms. The van der Waals surface area contributed by atoms with E-state index in [1.54, 1.807) is 18.2 Å². The van der Waals surface area contributed by atoms with E-state index in [9.17, 15) is 8.78 Å². The van der Waals surface area contributed by atoms with Crippen LogP contribution in [0.5, 0.6) is 0 Å². The van der Waals surface area contributed by atoms with E-state index in [0.717, 1.165) is 11.5 Å². The van der Waals surface area contributed by atoms with Gasteiger partial charge >= 0.3 is 0 Å². The van der Waals surface area contributed by atoms with Crippen LogP contribution in [0, 0.1) is 0 Å². The van der Waals surface area contributed by atoms with Crippen molar-refractivity contribution < 1.29 is 8.78 Å². The zero-order chi connectivity index (χ0) is 9.42. The highest BCUT2D eigenvalue weighted by Crippen LogP contribution is 2.30. The Morgan fingerprint density at radius 3 is 2.85 bits per heavy atom. The molecule has 0 aliphatic carbocycles. The lowest BCUT2D eigenvalue weighted by Crippen LogP contribution is -1.85. The molecule has 0 saturated carbocycles. The Morgan fingerprint density at radius 1 is 1.38 bits per heavy atom. The topological polar surface area (TPSA) is 38.9 Å². The molecule has 0 aliphatic heterocycles. The summed E-state index contributed by atoms with van der Waals surface area (Å²) in [6.45, 7) is 0. The molecule has 2 aromatic rings. The maximum atomic E-state index is 12.3. The second-order valence-electron chi connectivity index (χ2n) is 2.62. The van der Waals surface area contributed by atoms with Gasteiger partial charge in [-0.05, 0) is 29.7 Å². The van der Waals surface area contributed by atoms with Gasteiger partial charge < -0.3 is 5.73 Å². The number of hydrogen-bond donors (Lipinski definition) is 1. The average Bonchev–Trinajstić information content (AvgIpc) is 2.46. The molecule has 0 atom stereocenters. The number of alkyl halides is 2. The molecule has 1 aromatic heterocycles. The maximum absolute atomic E-state index is 12.3. The summed E-state index contributed by atoms with van der Waals surface area (Å²) in [6.07, 6.45) is -2.52. The predicted octanol–water partition coefficient (Wildman–Crippen LogP) is 2.82. The number of benzene rings is 1. The van der Waals surface area contributed by atoms with Crippen molar-refractivity contribution in [1.82, 2.24) is 4.37 Å².